The first-order valence-electron chi connectivity index (χ1n) is 6.70. The summed E-state index contributed by atoms with van der Waals surface area (Å²) in [7, 11) is 0. The van der Waals surface area contributed by atoms with Crippen LogP contribution in [0.5, 0.6) is 0 Å². The summed E-state index contributed by atoms with van der Waals surface area (Å²) in [5.74, 6) is 0.0656. The molecule has 1 N–H and O–H groups in total. The molecule has 1 heterocycles. The third-order valence-corrected chi connectivity index (χ3v) is 3.91. The second-order valence-electron chi connectivity index (χ2n) is 5.53. The summed E-state index contributed by atoms with van der Waals surface area (Å²) in [6, 6.07) is 7.14. The van der Waals surface area contributed by atoms with Crippen LogP contribution in [-0.2, 0) is 0 Å². The van der Waals surface area contributed by atoms with Gasteiger partial charge in [-0.3, -0.25) is 4.79 Å². The summed E-state index contributed by atoms with van der Waals surface area (Å²) in [4.78, 5) is 14.2. The summed E-state index contributed by atoms with van der Waals surface area (Å²) < 4.78 is 0. The smallest absolute Gasteiger partial charge is 0.165 e. The number of carbonyl (C=O) groups excluding carboxylic acids is 1. The molecule has 3 nitrogen and oxygen atoms in total. The third-order valence-electron chi connectivity index (χ3n) is 3.58. The molecule has 4 heteroatoms. The Morgan fingerprint density at radius 2 is 2.21 bits per heavy atom. The van der Waals surface area contributed by atoms with Crippen LogP contribution in [0.4, 0.5) is 0 Å². The fourth-order valence-electron chi connectivity index (χ4n) is 2.60. The van der Waals surface area contributed by atoms with E-state index in [0.717, 1.165) is 19.4 Å². The van der Waals surface area contributed by atoms with Gasteiger partial charge in [0.15, 0.2) is 5.78 Å². The van der Waals surface area contributed by atoms with E-state index in [9.17, 15) is 9.90 Å². The molecule has 1 fully saturated rings. The van der Waals surface area contributed by atoms with E-state index in [1.165, 1.54) is 0 Å². The van der Waals surface area contributed by atoms with Crippen molar-refractivity contribution >= 4 is 17.4 Å². The van der Waals surface area contributed by atoms with E-state index in [-0.39, 0.29) is 5.78 Å². The Morgan fingerprint density at radius 1 is 1.47 bits per heavy atom. The molecule has 0 radical (unpaired) electrons. The number of carbonyl (C=O) groups is 1. The van der Waals surface area contributed by atoms with Crippen molar-refractivity contribution in [3.05, 3.63) is 34.9 Å². The molecular formula is C15H20ClNO2. The van der Waals surface area contributed by atoms with Crippen LogP contribution in [0, 0.1) is 0 Å². The number of likely N-dealkylation sites (tertiary alicyclic amines) is 1. The van der Waals surface area contributed by atoms with E-state index in [2.05, 4.69) is 4.90 Å². The molecule has 0 amide bonds. The number of Topliss-reactive ketones (excluding diaryl/α,β-unsaturated/α-hetero) is 1. The molecule has 1 saturated heterocycles. The Labute approximate surface area is 119 Å². The number of piperidine rings is 1. The van der Waals surface area contributed by atoms with Crippen LogP contribution in [0.25, 0.3) is 0 Å². The second kappa shape index (κ2) is 6.04. The van der Waals surface area contributed by atoms with Gasteiger partial charge in [0, 0.05) is 25.1 Å². The number of hydrogen-bond acceptors (Lipinski definition) is 3. The van der Waals surface area contributed by atoms with E-state index in [4.69, 9.17) is 11.6 Å². The summed E-state index contributed by atoms with van der Waals surface area (Å²) in [5.41, 5.74) is -0.0287. The molecule has 1 aromatic rings. The van der Waals surface area contributed by atoms with E-state index in [1.54, 1.807) is 12.1 Å². The molecule has 1 unspecified atom stereocenters. The first kappa shape index (κ1) is 14.5. The Bertz CT molecular complexity index is 459. The lowest BCUT2D eigenvalue weighted by molar-refractivity contribution is -0.0153. The van der Waals surface area contributed by atoms with E-state index < -0.39 is 5.60 Å². The summed E-state index contributed by atoms with van der Waals surface area (Å²) in [6.07, 6.45) is 2.26. The van der Waals surface area contributed by atoms with E-state index >= 15 is 0 Å². The number of halogens is 1. The second-order valence-corrected chi connectivity index (χ2v) is 5.94. The first-order valence-corrected chi connectivity index (χ1v) is 7.08. The predicted molar refractivity (Wildman–Crippen MR) is 76.7 cm³/mol. The Balaban J connectivity index is 1.89. The average Bonchev–Trinajstić information content (AvgIpc) is 2.35. The van der Waals surface area contributed by atoms with Gasteiger partial charge in [0.05, 0.1) is 10.6 Å². The number of ketones is 1. The zero-order valence-electron chi connectivity index (χ0n) is 11.2. The van der Waals surface area contributed by atoms with Crippen molar-refractivity contribution in [1.29, 1.82) is 0 Å². The maximum absolute atomic E-state index is 12.1. The van der Waals surface area contributed by atoms with Crippen LogP contribution in [-0.4, -0.2) is 41.0 Å². The van der Waals surface area contributed by atoms with Crippen molar-refractivity contribution in [3.8, 4) is 0 Å². The molecular weight excluding hydrogens is 262 g/mol. The molecule has 0 aromatic heterocycles. The minimum Gasteiger partial charge on any atom is -0.389 e. The van der Waals surface area contributed by atoms with E-state index in [0.29, 0.717) is 30.1 Å². The van der Waals surface area contributed by atoms with Crippen molar-refractivity contribution < 1.29 is 9.90 Å². The maximum Gasteiger partial charge on any atom is 0.165 e. The number of rotatable bonds is 4. The summed E-state index contributed by atoms with van der Waals surface area (Å²) in [5, 5.41) is 10.5. The number of nitrogens with zero attached hydrogens (tertiary/aromatic N) is 1. The van der Waals surface area contributed by atoms with Gasteiger partial charge in [0.2, 0.25) is 0 Å². The molecule has 2 rings (SSSR count). The van der Waals surface area contributed by atoms with Crippen molar-refractivity contribution in [2.45, 2.75) is 31.8 Å². The highest BCUT2D eigenvalue weighted by molar-refractivity contribution is 6.33. The van der Waals surface area contributed by atoms with Gasteiger partial charge < -0.3 is 10.0 Å². The van der Waals surface area contributed by atoms with Crippen LogP contribution in [0.1, 0.15) is 36.5 Å². The Kier molecular flexibility index (Phi) is 4.61. The van der Waals surface area contributed by atoms with Crippen molar-refractivity contribution in [3.63, 3.8) is 0 Å². The minimum atomic E-state index is -0.619. The van der Waals surface area contributed by atoms with Gasteiger partial charge in [-0.15, -0.1) is 0 Å². The highest BCUT2D eigenvalue weighted by Crippen LogP contribution is 2.21. The van der Waals surface area contributed by atoms with Crippen LogP contribution in [0.15, 0.2) is 24.3 Å². The predicted octanol–water partition coefficient (Wildman–Crippen LogP) is 2.76. The molecule has 1 aliphatic rings. The molecule has 104 valence electrons. The fraction of sp³-hybridized carbons (Fsp3) is 0.533. The van der Waals surface area contributed by atoms with Crippen LogP contribution in [0.3, 0.4) is 0 Å². The van der Waals surface area contributed by atoms with Gasteiger partial charge in [-0.1, -0.05) is 23.7 Å². The van der Waals surface area contributed by atoms with Crippen molar-refractivity contribution in [1.82, 2.24) is 4.90 Å². The number of benzene rings is 1. The highest BCUT2D eigenvalue weighted by atomic mass is 35.5. The van der Waals surface area contributed by atoms with Crippen LogP contribution >= 0.6 is 11.6 Å². The van der Waals surface area contributed by atoms with E-state index in [1.807, 2.05) is 19.1 Å². The standard InChI is InChI=1S/C15H20ClNO2/c1-15(19)8-4-9-17(11-15)10-7-14(18)12-5-2-3-6-13(12)16/h2-3,5-6,19H,4,7-11H2,1H3. The number of aliphatic hydroxyl groups is 1. The van der Waals surface area contributed by atoms with Crippen LogP contribution < -0.4 is 0 Å². The summed E-state index contributed by atoms with van der Waals surface area (Å²) in [6.45, 7) is 4.13. The number of hydrogen-bond donors (Lipinski definition) is 1. The molecule has 1 aromatic carbocycles. The fourth-order valence-corrected chi connectivity index (χ4v) is 2.84. The molecule has 0 spiro atoms. The zero-order valence-corrected chi connectivity index (χ0v) is 12.0. The van der Waals surface area contributed by atoms with Crippen LogP contribution in [0.2, 0.25) is 5.02 Å². The topological polar surface area (TPSA) is 40.5 Å². The Hall–Kier alpha value is -0.900. The molecule has 1 atom stereocenters. The lowest BCUT2D eigenvalue weighted by Crippen LogP contribution is -2.46. The van der Waals surface area contributed by atoms with Gasteiger partial charge in [0.25, 0.3) is 0 Å². The Morgan fingerprint density at radius 3 is 2.89 bits per heavy atom. The molecule has 1 aliphatic heterocycles. The largest absolute Gasteiger partial charge is 0.389 e. The van der Waals surface area contributed by atoms with Gasteiger partial charge in [-0.25, -0.2) is 0 Å². The molecule has 0 bridgehead atoms. The van der Waals surface area contributed by atoms with Crippen molar-refractivity contribution in [2.24, 2.45) is 0 Å². The van der Waals surface area contributed by atoms with Gasteiger partial charge in [0.1, 0.15) is 0 Å². The molecule has 0 aliphatic carbocycles. The number of β-amino-alcohol motifs (C(OH)–C–C–N with tert-alkyl or cyclic N) is 1. The quantitative estimate of drug-likeness (QED) is 0.863. The van der Waals surface area contributed by atoms with Gasteiger partial charge in [-0.05, 0) is 38.4 Å². The van der Waals surface area contributed by atoms with Gasteiger partial charge in [-0.2, -0.15) is 0 Å². The first-order chi connectivity index (χ1) is 8.98. The summed E-state index contributed by atoms with van der Waals surface area (Å²) >= 11 is 6.01. The molecule has 0 saturated carbocycles. The molecule has 19 heavy (non-hydrogen) atoms. The van der Waals surface area contributed by atoms with Crippen molar-refractivity contribution in [2.75, 3.05) is 19.6 Å². The zero-order chi connectivity index (χ0) is 13.9. The van der Waals surface area contributed by atoms with Gasteiger partial charge >= 0.3 is 0 Å². The SMILES string of the molecule is CC1(O)CCCN(CCC(=O)c2ccccc2Cl)C1. The lowest BCUT2D eigenvalue weighted by atomic mass is 9.95. The highest BCUT2D eigenvalue weighted by Gasteiger charge is 2.28. The average molecular weight is 282 g/mol. The normalized spacial score (nSPS) is 24.4. The monoisotopic (exact) mass is 281 g/mol. The lowest BCUT2D eigenvalue weighted by Gasteiger charge is -2.36. The maximum atomic E-state index is 12.1. The third kappa shape index (κ3) is 4.03. The minimum absolute atomic E-state index is 0.0656.